The molecule has 0 radical (unpaired) electrons. The van der Waals surface area contributed by atoms with Gasteiger partial charge in [-0.05, 0) is 25.7 Å². The van der Waals surface area contributed by atoms with Gasteiger partial charge >= 0.3 is 0 Å². The van der Waals surface area contributed by atoms with Crippen LogP contribution in [0.1, 0.15) is 44.9 Å². The molecule has 0 aromatic carbocycles. The number of amides is 2. The molecule has 138 valence electrons. The summed E-state index contributed by atoms with van der Waals surface area (Å²) in [5, 5.41) is 0. The van der Waals surface area contributed by atoms with Gasteiger partial charge in [-0.3, -0.25) is 14.5 Å². The van der Waals surface area contributed by atoms with E-state index in [4.69, 9.17) is 6.42 Å². The Bertz CT molecular complexity index is 514. The predicted molar refractivity (Wildman–Crippen MR) is 97.7 cm³/mol. The minimum atomic E-state index is -0.0980. The summed E-state index contributed by atoms with van der Waals surface area (Å²) in [5.41, 5.74) is 0. The molecule has 0 N–H and O–H groups in total. The van der Waals surface area contributed by atoms with E-state index >= 15 is 0 Å². The van der Waals surface area contributed by atoms with Gasteiger partial charge < -0.3 is 9.80 Å². The van der Waals surface area contributed by atoms with Crippen LogP contribution in [0.2, 0.25) is 0 Å². The third-order valence-electron chi connectivity index (χ3n) is 6.07. The summed E-state index contributed by atoms with van der Waals surface area (Å²) in [6.07, 6.45) is 12.2. The van der Waals surface area contributed by atoms with Crippen molar-refractivity contribution in [1.29, 1.82) is 0 Å². The molecule has 5 nitrogen and oxygen atoms in total. The monoisotopic (exact) mass is 345 g/mol. The van der Waals surface area contributed by atoms with Gasteiger partial charge in [0.15, 0.2) is 0 Å². The second-order valence-corrected chi connectivity index (χ2v) is 7.65. The Kier molecular flexibility index (Phi) is 6.36. The quantitative estimate of drug-likeness (QED) is 0.727. The molecule has 3 fully saturated rings. The fourth-order valence-corrected chi connectivity index (χ4v) is 4.54. The Labute approximate surface area is 151 Å². The first-order chi connectivity index (χ1) is 12.2. The van der Waals surface area contributed by atoms with E-state index in [1.165, 1.54) is 0 Å². The van der Waals surface area contributed by atoms with Gasteiger partial charge in [-0.25, -0.2) is 0 Å². The van der Waals surface area contributed by atoms with E-state index in [9.17, 15) is 9.59 Å². The van der Waals surface area contributed by atoms with Crippen LogP contribution in [-0.4, -0.2) is 72.3 Å². The summed E-state index contributed by atoms with van der Waals surface area (Å²) in [6, 6.07) is 0. The van der Waals surface area contributed by atoms with Crippen LogP contribution in [0.3, 0.4) is 0 Å². The number of carbonyl (C=O) groups excluding carboxylic acids is 2. The van der Waals surface area contributed by atoms with Crippen molar-refractivity contribution in [2.45, 2.75) is 44.9 Å². The molecule has 0 bridgehead atoms. The summed E-state index contributed by atoms with van der Waals surface area (Å²) >= 11 is 0. The van der Waals surface area contributed by atoms with Crippen LogP contribution in [-0.2, 0) is 9.59 Å². The maximum Gasteiger partial charge on any atom is 0.226 e. The SMILES string of the molecule is C#CCCN1CCN(C(=O)[C@H]2CCCC[C@@H]2C(=O)N2CCCC2)CC1. The topological polar surface area (TPSA) is 43.9 Å². The van der Waals surface area contributed by atoms with E-state index in [0.29, 0.717) is 0 Å². The van der Waals surface area contributed by atoms with Gasteiger partial charge in [0.1, 0.15) is 0 Å². The van der Waals surface area contributed by atoms with Gasteiger partial charge in [0.2, 0.25) is 11.8 Å². The fraction of sp³-hybridized carbons (Fsp3) is 0.800. The number of carbonyl (C=O) groups is 2. The molecule has 0 aromatic rings. The lowest BCUT2D eigenvalue weighted by molar-refractivity contribution is -0.148. The summed E-state index contributed by atoms with van der Waals surface area (Å²) < 4.78 is 0. The average molecular weight is 345 g/mol. The second kappa shape index (κ2) is 8.71. The zero-order chi connectivity index (χ0) is 17.6. The first-order valence-electron chi connectivity index (χ1n) is 9.94. The van der Waals surface area contributed by atoms with Crippen molar-refractivity contribution < 1.29 is 9.59 Å². The average Bonchev–Trinajstić information content (AvgIpc) is 3.20. The van der Waals surface area contributed by atoms with E-state index in [1.54, 1.807) is 0 Å². The normalized spacial score (nSPS) is 28.0. The third-order valence-corrected chi connectivity index (χ3v) is 6.07. The zero-order valence-corrected chi connectivity index (χ0v) is 15.3. The number of hydrogen-bond donors (Lipinski definition) is 0. The second-order valence-electron chi connectivity index (χ2n) is 7.65. The van der Waals surface area contributed by atoms with Gasteiger partial charge in [-0.2, -0.15) is 0 Å². The van der Waals surface area contributed by atoms with Crippen LogP contribution in [0, 0.1) is 24.2 Å². The molecular weight excluding hydrogens is 314 g/mol. The highest BCUT2D eigenvalue weighted by atomic mass is 16.2. The molecule has 3 aliphatic rings. The molecule has 2 amide bonds. The molecule has 2 atom stereocenters. The number of hydrogen-bond acceptors (Lipinski definition) is 3. The number of likely N-dealkylation sites (tertiary alicyclic amines) is 1. The van der Waals surface area contributed by atoms with Gasteiger partial charge in [0.05, 0.1) is 0 Å². The smallest absolute Gasteiger partial charge is 0.226 e. The summed E-state index contributed by atoms with van der Waals surface area (Å²) in [5.74, 6) is 2.95. The molecule has 0 spiro atoms. The number of terminal acetylenes is 1. The van der Waals surface area contributed by atoms with Gasteiger partial charge in [0, 0.05) is 64.1 Å². The molecule has 1 saturated carbocycles. The lowest BCUT2D eigenvalue weighted by atomic mass is 9.77. The van der Waals surface area contributed by atoms with Gasteiger partial charge in [0.25, 0.3) is 0 Å². The van der Waals surface area contributed by atoms with Crippen LogP contribution in [0.4, 0.5) is 0 Å². The molecule has 0 aromatic heterocycles. The minimum Gasteiger partial charge on any atom is -0.342 e. The number of piperazine rings is 1. The van der Waals surface area contributed by atoms with Crippen molar-refractivity contribution in [2.24, 2.45) is 11.8 Å². The highest BCUT2D eigenvalue weighted by molar-refractivity contribution is 5.88. The molecular formula is C20H31N3O2. The maximum atomic E-state index is 13.1. The molecule has 3 rings (SSSR count). The molecule has 1 aliphatic carbocycles. The lowest BCUT2D eigenvalue weighted by Crippen LogP contribution is -2.53. The standard InChI is InChI=1S/C20H31N3O2/c1-2-3-10-21-13-15-23(16-14-21)20(25)18-9-5-4-8-17(18)19(24)22-11-6-7-12-22/h1,17-18H,3-16H2/t17-,18-/m0/s1. The predicted octanol–water partition coefficient (Wildman–Crippen LogP) is 1.58. The minimum absolute atomic E-state index is 0.0844. The fourth-order valence-electron chi connectivity index (χ4n) is 4.54. The number of nitrogens with zero attached hydrogens (tertiary/aromatic N) is 3. The van der Waals surface area contributed by atoms with E-state index in [1.807, 2.05) is 9.80 Å². The zero-order valence-electron chi connectivity index (χ0n) is 15.3. The Morgan fingerprint density at radius 2 is 1.32 bits per heavy atom. The van der Waals surface area contributed by atoms with Gasteiger partial charge in [-0.15, -0.1) is 12.3 Å². The first-order valence-corrected chi connectivity index (χ1v) is 9.94. The Morgan fingerprint density at radius 3 is 1.84 bits per heavy atom. The Hall–Kier alpha value is -1.54. The molecule has 0 unspecified atom stereocenters. The van der Waals surface area contributed by atoms with E-state index < -0.39 is 0 Å². The molecule has 2 aliphatic heterocycles. The first kappa shape index (κ1) is 18.3. The number of rotatable bonds is 4. The van der Waals surface area contributed by atoms with Crippen molar-refractivity contribution >= 4 is 11.8 Å². The van der Waals surface area contributed by atoms with E-state index in [-0.39, 0.29) is 23.7 Å². The highest BCUT2D eigenvalue weighted by Gasteiger charge is 2.40. The van der Waals surface area contributed by atoms with Gasteiger partial charge in [-0.1, -0.05) is 12.8 Å². The molecule has 2 heterocycles. The van der Waals surface area contributed by atoms with Crippen molar-refractivity contribution in [3.05, 3.63) is 0 Å². The lowest BCUT2D eigenvalue weighted by Gasteiger charge is -2.39. The Balaban J connectivity index is 1.57. The summed E-state index contributed by atoms with van der Waals surface area (Å²) in [6.45, 7) is 6.00. The third kappa shape index (κ3) is 4.36. The highest BCUT2D eigenvalue weighted by Crippen LogP contribution is 2.34. The summed E-state index contributed by atoms with van der Waals surface area (Å²) in [7, 11) is 0. The van der Waals surface area contributed by atoms with Crippen LogP contribution < -0.4 is 0 Å². The van der Waals surface area contributed by atoms with E-state index in [2.05, 4.69) is 10.8 Å². The molecule has 2 saturated heterocycles. The van der Waals surface area contributed by atoms with Crippen LogP contribution in [0.5, 0.6) is 0 Å². The van der Waals surface area contributed by atoms with Crippen LogP contribution in [0.15, 0.2) is 0 Å². The van der Waals surface area contributed by atoms with Crippen molar-refractivity contribution in [3.8, 4) is 12.3 Å². The van der Waals surface area contributed by atoms with E-state index in [0.717, 1.165) is 90.8 Å². The molecule has 25 heavy (non-hydrogen) atoms. The molecule has 5 heteroatoms. The maximum absolute atomic E-state index is 13.1. The van der Waals surface area contributed by atoms with Crippen molar-refractivity contribution in [3.63, 3.8) is 0 Å². The van der Waals surface area contributed by atoms with Crippen LogP contribution >= 0.6 is 0 Å². The largest absolute Gasteiger partial charge is 0.342 e. The van der Waals surface area contributed by atoms with Crippen molar-refractivity contribution in [1.82, 2.24) is 14.7 Å². The van der Waals surface area contributed by atoms with Crippen molar-refractivity contribution in [2.75, 3.05) is 45.8 Å². The Morgan fingerprint density at radius 1 is 0.800 bits per heavy atom. The summed E-state index contributed by atoms with van der Waals surface area (Å²) in [4.78, 5) is 32.3. The van der Waals surface area contributed by atoms with Crippen LogP contribution in [0.25, 0.3) is 0 Å².